The highest BCUT2D eigenvalue weighted by Gasteiger charge is 2.08. The van der Waals surface area contributed by atoms with Crippen LogP contribution in [0.3, 0.4) is 0 Å². The van der Waals surface area contributed by atoms with Crippen LogP contribution in [0.15, 0.2) is 84.9 Å². The van der Waals surface area contributed by atoms with E-state index in [2.05, 4.69) is 6.92 Å². The second-order valence-electron chi connectivity index (χ2n) is 7.87. The molecule has 0 spiro atoms. The van der Waals surface area contributed by atoms with Gasteiger partial charge in [-0.15, -0.1) is 0 Å². The molecule has 166 valence electrons. The minimum atomic E-state index is 0.164. The van der Waals surface area contributed by atoms with E-state index in [1.807, 2.05) is 84.9 Å². The summed E-state index contributed by atoms with van der Waals surface area (Å²) in [4.78, 5) is 12.2. The molecule has 3 rings (SSSR count). The molecule has 3 nitrogen and oxygen atoms in total. The SMILES string of the molecule is CCCCCCC(=O)/C=C/c1ccc(OCc2ccccc2)c(OCc2ccccc2)c1. The van der Waals surface area contributed by atoms with Crippen molar-refractivity contribution in [1.29, 1.82) is 0 Å². The molecule has 0 aliphatic carbocycles. The summed E-state index contributed by atoms with van der Waals surface area (Å²) < 4.78 is 12.2. The number of hydrogen-bond acceptors (Lipinski definition) is 3. The molecular formula is C29H32O3. The third kappa shape index (κ3) is 8.07. The third-order valence-corrected chi connectivity index (χ3v) is 5.18. The van der Waals surface area contributed by atoms with Crippen LogP contribution in [0, 0.1) is 0 Å². The second-order valence-corrected chi connectivity index (χ2v) is 7.87. The molecule has 3 heteroatoms. The fourth-order valence-corrected chi connectivity index (χ4v) is 3.33. The maximum absolute atomic E-state index is 12.2. The first-order valence-corrected chi connectivity index (χ1v) is 11.4. The van der Waals surface area contributed by atoms with Crippen LogP contribution in [0.1, 0.15) is 55.7 Å². The summed E-state index contributed by atoms with van der Waals surface area (Å²) in [7, 11) is 0. The number of ketones is 1. The summed E-state index contributed by atoms with van der Waals surface area (Å²) in [5, 5.41) is 0. The van der Waals surface area contributed by atoms with Gasteiger partial charge in [0.1, 0.15) is 13.2 Å². The average molecular weight is 429 g/mol. The van der Waals surface area contributed by atoms with E-state index in [9.17, 15) is 4.79 Å². The summed E-state index contributed by atoms with van der Waals surface area (Å²) >= 11 is 0. The van der Waals surface area contributed by atoms with E-state index < -0.39 is 0 Å². The number of carbonyl (C=O) groups excluding carboxylic acids is 1. The zero-order valence-corrected chi connectivity index (χ0v) is 18.8. The van der Waals surface area contributed by atoms with Crippen molar-refractivity contribution in [2.45, 2.75) is 52.2 Å². The molecule has 32 heavy (non-hydrogen) atoms. The zero-order valence-electron chi connectivity index (χ0n) is 18.8. The van der Waals surface area contributed by atoms with E-state index in [0.29, 0.717) is 31.1 Å². The van der Waals surface area contributed by atoms with Gasteiger partial charge in [-0.05, 0) is 41.3 Å². The predicted octanol–water partition coefficient (Wildman–Crippen LogP) is 7.40. The fourth-order valence-electron chi connectivity index (χ4n) is 3.33. The van der Waals surface area contributed by atoms with E-state index in [-0.39, 0.29) is 5.78 Å². The number of ether oxygens (including phenoxy) is 2. The van der Waals surface area contributed by atoms with Gasteiger partial charge in [0.25, 0.3) is 0 Å². The van der Waals surface area contributed by atoms with Crippen molar-refractivity contribution >= 4 is 11.9 Å². The highest BCUT2D eigenvalue weighted by Crippen LogP contribution is 2.30. The quantitative estimate of drug-likeness (QED) is 0.210. The Hall–Kier alpha value is -3.33. The van der Waals surface area contributed by atoms with Gasteiger partial charge < -0.3 is 9.47 Å². The largest absolute Gasteiger partial charge is 0.485 e. The van der Waals surface area contributed by atoms with Gasteiger partial charge in [0.15, 0.2) is 17.3 Å². The van der Waals surface area contributed by atoms with Crippen molar-refractivity contribution in [2.24, 2.45) is 0 Å². The molecule has 3 aromatic carbocycles. The standard InChI is InChI=1S/C29H32O3/c1-2-3-4-11-16-27(30)19-17-24-18-20-28(31-22-25-12-7-5-8-13-25)29(21-24)32-23-26-14-9-6-10-15-26/h5-10,12-15,17-21H,2-4,11,16,22-23H2,1H3/b19-17+. The number of carbonyl (C=O) groups is 1. The Morgan fingerprint density at radius 1 is 0.750 bits per heavy atom. The highest BCUT2D eigenvalue weighted by molar-refractivity contribution is 5.93. The monoisotopic (exact) mass is 428 g/mol. The second kappa shape index (κ2) is 13.2. The molecular weight excluding hydrogens is 396 g/mol. The Kier molecular flexibility index (Phi) is 9.60. The van der Waals surface area contributed by atoms with Crippen molar-refractivity contribution in [3.8, 4) is 11.5 Å². The molecule has 0 unspecified atom stereocenters. The highest BCUT2D eigenvalue weighted by atomic mass is 16.5. The number of benzene rings is 3. The van der Waals surface area contributed by atoms with Crippen molar-refractivity contribution in [1.82, 2.24) is 0 Å². The van der Waals surface area contributed by atoms with Crippen LogP contribution < -0.4 is 9.47 Å². The minimum Gasteiger partial charge on any atom is -0.485 e. The Morgan fingerprint density at radius 3 is 2.00 bits per heavy atom. The van der Waals surface area contributed by atoms with E-state index in [1.165, 1.54) is 12.8 Å². The Morgan fingerprint density at radius 2 is 1.38 bits per heavy atom. The molecule has 0 bridgehead atoms. The van der Waals surface area contributed by atoms with Crippen molar-refractivity contribution in [3.05, 3.63) is 102 Å². The first-order chi connectivity index (χ1) is 15.7. The van der Waals surface area contributed by atoms with E-state index in [4.69, 9.17) is 9.47 Å². The molecule has 0 amide bonds. The van der Waals surface area contributed by atoms with Gasteiger partial charge in [0, 0.05) is 6.42 Å². The van der Waals surface area contributed by atoms with Gasteiger partial charge in [-0.1, -0.05) is 99.0 Å². The summed E-state index contributed by atoms with van der Waals surface area (Å²) in [5.41, 5.74) is 3.10. The summed E-state index contributed by atoms with van der Waals surface area (Å²) in [6.45, 7) is 3.09. The first kappa shape index (κ1) is 23.3. The van der Waals surface area contributed by atoms with Crippen LogP contribution >= 0.6 is 0 Å². The van der Waals surface area contributed by atoms with Gasteiger partial charge >= 0.3 is 0 Å². The Bertz CT molecular complexity index is 978. The van der Waals surface area contributed by atoms with Gasteiger partial charge in [0.05, 0.1) is 0 Å². The molecule has 0 heterocycles. The van der Waals surface area contributed by atoms with Gasteiger partial charge in [-0.2, -0.15) is 0 Å². The van der Waals surface area contributed by atoms with Crippen LogP contribution in [0.2, 0.25) is 0 Å². The topological polar surface area (TPSA) is 35.5 Å². The molecule has 0 aliphatic rings. The van der Waals surface area contributed by atoms with Crippen LogP contribution in [0.4, 0.5) is 0 Å². The van der Waals surface area contributed by atoms with Gasteiger partial charge in [-0.3, -0.25) is 4.79 Å². The number of hydrogen-bond donors (Lipinski definition) is 0. The predicted molar refractivity (Wildman–Crippen MR) is 131 cm³/mol. The van der Waals surface area contributed by atoms with Crippen molar-refractivity contribution < 1.29 is 14.3 Å². The maximum atomic E-state index is 12.2. The number of allylic oxidation sites excluding steroid dienone is 1. The molecule has 0 aromatic heterocycles. The molecule has 0 saturated heterocycles. The Balaban J connectivity index is 1.68. The van der Waals surface area contributed by atoms with Crippen LogP contribution in [-0.4, -0.2) is 5.78 Å². The number of rotatable bonds is 13. The van der Waals surface area contributed by atoms with Gasteiger partial charge in [-0.25, -0.2) is 0 Å². The van der Waals surface area contributed by atoms with Crippen molar-refractivity contribution in [3.63, 3.8) is 0 Å². The van der Waals surface area contributed by atoms with Crippen LogP contribution in [0.5, 0.6) is 11.5 Å². The lowest BCUT2D eigenvalue weighted by molar-refractivity contribution is -0.114. The molecule has 0 fully saturated rings. The lowest BCUT2D eigenvalue weighted by Gasteiger charge is -2.14. The van der Waals surface area contributed by atoms with E-state index in [0.717, 1.165) is 29.5 Å². The lowest BCUT2D eigenvalue weighted by atomic mass is 10.1. The van der Waals surface area contributed by atoms with Gasteiger partial charge in [0.2, 0.25) is 0 Å². The first-order valence-electron chi connectivity index (χ1n) is 11.4. The van der Waals surface area contributed by atoms with Crippen LogP contribution in [-0.2, 0) is 18.0 Å². The van der Waals surface area contributed by atoms with Crippen LogP contribution in [0.25, 0.3) is 6.08 Å². The minimum absolute atomic E-state index is 0.164. The smallest absolute Gasteiger partial charge is 0.162 e. The van der Waals surface area contributed by atoms with Crippen molar-refractivity contribution in [2.75, 3.05) is 0 Å². The molecule has 0 radical (unpaired) electrons. The zero-order chi connectivity index (χ0) is 22.4. The molecule has 0 N–H and O–H groups in total. The number of unbranched alkanes of at least 4 members (excludes halogenated alkanes) is 3. The molecule has 0 aliphatic heterocycles. The summed E-state index contributed by atoms with van der Waals surface area (Å²) in [6.07, 6.45) is 8.56. The maximum Gasteiger partial charge on any atom is 0.162 e. The van der Waals surface area contributed by atoms with E-state index >= 15 is 0 Å². The average Bonchev–Trinajstić information content (AvgIpc) is 2.84. The normalized spacial score (nSPS) is 10.9. The summed E-state index contributed by atoms with van der Waals surface area (Å²) in [6, 6.07) is 25.9. The molecule has 3 aromatic rings. The third-order valence-electron chi connectivity index (χ3n) is 5.18. The fraction of sp³-hybridized carbons (Fsp3) is 0.276. The summed E-state index contributed by atoms with van der Waals surface area (Å²) in [5.74, 6) is 1.52. The lowest BCUT2D eigenvalue weighted by Crippen LogP contribution is -2.01. The van der Waals surface area contributed by atoms with E-state index in [1.54, 1.807) is 6.08 Å². The Labute approximate surface area is 191 Å². The molecule has 0 saturated carbocycles. The molecule has 0 atom stereocenters.